The molecule has 41 heavy (non-hydrogen) atoms. The molecule has 3 amide bonds. The molecule has 1 spiro atoms. The number of nitrogens with zero attached hydrogens (tertiary/aromatic N) is 3. The Balaban J connectivity index is 1.14. The van der Waals surface area contributed by atoms with Gasteiger partial charge >= 0.3 is 12.2 Å². The van der Waals surface area contributed by atoms with E-state index >= 15 is 0 Å². The lowest BCUT2D eigenvalue weighted by Crippen LogP contribution is -2.59. The fourth-order valence-corrected chi connectivity index (χ4v) is 6.66. The van der Waals surface area contributed by atoms with Gasteiger partial charge in [-0.1, -0.05) is 0 Å². The number of nitriles is 1. The van der Waals surface area contributed by atoms with E-state index in [0.717, 1.165) is 22.2 Å². The van der Waals surface area contributed by atoms with Gasteiger partial charge in [0, 0.05) is 24.8 Å². The number of fused-ring (bicyclic) bond motifs is 3. The van der Waals surface area contributed by atoms with Crippen molar-refractivity contribution in [3.8, 4) is 11.8 Å². The van der Waals surface area contributed by atoms with E-state index in [9.17, 15) is 33.1 Å². The van der Waals surface area contributed by atoms with E-state index in [4.69, 9.17) is 4.74 Å². The van der Waals surface area contributed by atoms with E-state index < -0.39 is 34.8 Å². The highest BCUT2D eigenvalue weighted by atomic mass is 19.4. The maximum Gasteiger partial charge on any atom is 0.418 e. The molecule has 4 aliphatic rings. The Labute approximate surface area is 234 Å². The number of hydrogen-bond acceptors (Lipinski definition) is 6. The lowest BCUT2D eigenvalue weighted by molar-refractivity contribution is -0.137. The predicted molar refractivity (Wildman–Crippen MR) is 142 cm³/mol. The van der Waals surface area contributed by atoms with Crippen LogP contribution >= 0.6 is 0 Å². The second-order valence-electron chi connectivity index (χ2n) is 11.7. The average molecular weight is 570 g/mol. The molecule has 3 N–H and O–H groups in total. The number of ether oxygens (including phenoxy) is 1. The Hall–Kier alpha value is -3.82. The Morgan fingerprint density at radius 3 is 2.56 bits per heavy atom. The Bertz CT molecular complexity index is 1450. The molecule has 0 aromatic heterocycles. The van der Waals surface area contributed by atoms with Gasteiger partial charge in [0.05, 0.1) is 33.9 Å². The van der Waals surface area contributed by atoms with Crippen molar-refractivity contribution in [3.05, 3.63) is 52.6 Å². The summed E-state index contributed by atoms with van der Waals surface area (Å²) < 4.78 is 48.4. The molecule has 2 fully saturated rings. The average Bonchev–Trinajstić information content (AvgIpc) is 3.17. The van der Waals surface area contributed by atoms with Crippen molar-refractivity contribution in [1.29, 1.82) is 5.26 Å². The minimum atomic E-state index is -4.71. The zero-order valence-electron chi connectivity index (χ0n) is 22.5. The number of amides is 3. The highest BCUT2D eigenvalue weighted by Gasteiger charge is 2.49. The van der Waals surface area contributed by atoms with E-state index in [-0.39, 0.29) is 43.3 Å². The molecule has 12 heteroatoms. The molecule has 9 nitrogen and oxygen atoms in total. The summed E-state index contributed by atoms with van der Waals surface area (Å²) >= 11 is 0. The molecule has 0 radical (unpaired) electrons. The minimum Gasteiger partial charge on any atom is -0.492 e. The van der Waals surface area contributed by atoms with Crippen LogP contribution in [0.25, 0.3) is 0 Å². The van der Waals surface area contributed by atoms with Crippen molar-refractivity contribution in [2.45, 2.75) is 62.4 Å². The van der Waals surface area contributed by atoms with Crippen molar-refractivity contribution < 1.29 is 32.6 Å². The summed E-state index contributed by atoms with van der Waals surface area (Å²) in [7, 11) is 0. The lowest BCUT2D eigenvalue weighted by Gasteiger charge is -2.48. The van der Waals surface area contributed by atoms with Crippen molar-refractivity contribution in [3.63, 3.8) is 0 Å². The SMILES string of the molecule is CC1(O)CC(N2C(=O)NCc3cc(OCCN4CCC5(CC4)C(=O)Nc4ccc(C#N)cc45)cc(C(F)(F)F)c32)C1. The number of likely N-dealkylation sites (tertiary alicyclic amines) is 1. The summed E-state index contributed by atoms with van der Waals surface area (Å²) in [5.41, 5.74) is -0.426. The topological polar surface area (TPSA) is 118 Å². The summed E-state index contributed by atoms with van der Waals surface area (Å²) in [6.07, 6.45) is -3.21. The number of urea groups is 1. The van der Waals surface area contributed by atoms with Gasteiger partial charge in [0.2, 0.25) is 5.91 Å². The van der Waals surface area contributed by atoms with E-state index in [1.807, 2.05) is 0 Å². The molecule has 3 aliphatic heterocycles. The molecule has 0 unspecified atom stereocenters. The van der Waals surface area contributed by atoms with Crippen molar-refractivity contribution in [2.24, 2.45) is 0 Å². The minimum absolute atomic E-state index is 0.0562. The molecule has 2 aromatic carbocycles. The van der Waals surface area contributed by atoms with Gasteiger partial charge < -0.3 is 20.5 Å². The van der Waals surface area contributed by atoms with E-state index in [1.165, 1.54) is 6.07 Å². The molecule has 2 aromatic rings. The van der Waals surface area contributed by atoms with Crippen molar-refractivity contribution >= 4 is 23.3 Å². The highest BCUT2D eigenvalue weighted by Crippen LogP contribution is 2.47. The second-order valence-corrected chi connectivity index (χ2v) is 11.7. The van der Waals surface area contributed by atoms with Crippen LogP contribution in [0, 0.1) is 11.3 Å². The molecule has 1 saturated carbocycles. The van der Waals surface area contributed by atoms with Crippen LogP contribution in [0.1, 0.15) is 54.9 Å². The number of rotatable bonds is 5. The predicted octanol–water partition coefficient (Wildman–Crippen LogP) is 3.88. The number of piperidine rings is 1. The number of alkyl halides is 3. The lowest BCUT2D eigenvalue weighted by atomic mass is 9.73. The van der Waals surface area contributed by atoms with Crippen molar-refractivity contribution in [1.82, 2.24) is 10.2 Å². The Morgan fingerprint density at radius 1 is 1.17 bits per heavy atom. The molecule has 1 aliphatic carbocycles. The zero-order valence-corrected chi connectivity index (χ0v) is 22.5. The zero-order chi connectivity index (χ0) is 29.2. The Morgan fingerprint density at radius 2 is 1.90 bits per heavy atom. The fraction of sp³-hybridized carbons (Fsp3) is 0.483. The second kappa shape index (κ2) is 9.63. The van der Waals surface area contributed by atoms with Crippen LogP contribution in [-0.2, 0) is 22.9 Å². The van der Waals surface area contributed by atoms with Gasteiger partial charge in [-0.15, -0.1) is 0 Å². The number of halogens is 3. The summed E-state index contributed by atoms with van der Waals surface area (Å²) in [5, 5.41) is 25.0. The number of hydrogen-bond donors (Lipinski definition) is 3. The van der Waals surface area contributed by atoms with Gasteiger partial charge in [-0.3, -0.25) is 14.6 Å². The van der Waals surface area contributed by atoms with Gasteiger partial charge in [-0.25, -0.2) is 4.79 Å². The maximum absolute atomic E-state index is 14.2. The van der Waals surface area contributed by atoms with Crippen LogP contribution in [0.3, 0.4) is 0 Å². The number of nitrogens with one attached hydrogen (secondary N) is 2. The first-order valence-electron chi connectivity index (χ1n) is 13.6. The summed E-state index contributed by atoms with van der Waals surface area (Å²) in [5.74, 6) is -0.00623. The quantitative estimate of drug-likeness (QED) is 0.503. The highest BCUT2D eigenvalue weighted by molar-refractivity contribution is 6.06. The normalized spacial score (nSPS) is 25.1. The molecule has 0 bridgehead atoms. The van der Waals surface area contributed by atoms with Crippen LogP contribution in [0.2, 0.25) is 0 Å². The van der Waals surface area contributed by atoms with Gasteiger partial charge in [0.25, 0.3) is 0 Å². The molecule has 6 rings (SSSR count). The van der Waals surface area contributed by atoms with E-state index in [0.29, 0.717) is 43.6 Å². The van der Waals surface area contributed by atoms with E-state index in [1.54, 1.807) is 25.1 Å². The van der Waals surface area contributed by atoms with Crippen LogP contribution < -0.4 is 20.3 Å². The number of anilines is 2. The molecule has 3 heterocycles. The summed E-state index contributed by atoms with van der Waals surface area (Å²) in [4.78, 5) is 28.8. The molecule has 1 saturated heterocycles. The van der Waals surface area contributed by atoms with Crippen LogP contribution in [0.4, 0.5) is 29.3 Å². The van der Waals surface area contributed by atoms with Gasteiger partial charge in [0.1, 0.15) is 12.4 Å². The number of benzene rings is 2. The number of aliphatic hydroxyl groups is 1. The van der Waals surface area contributed by atoms with Gasteiger partial charge in [0.15, 0.2) is 0 Å². The van der Waals surface area contributed by atoms with Crippen molar-refractivity contribution in [2.75, 3.05) is 36.5 Å². The van der Waals surface area contributed by atoms with Crippen LogP contribution in [0.15, 0.2) is 30.3 Å². The Kier molecular flexibility index (Phi) is 6.43. The van der Waals surface area contributed by atoms with Crippen LogP contribution in [-0.4, -0.2) is 59.8 Å². The first-order valence-corrected chi connectivity index (χ1v) is 13.6. The number of carbonyl (C=O) groups is 2. The standard InChI is InChI=1S/C29H30F3N5O4/c1-27(40)13-19(14-27)37-24-18(16-34-26(37)39)11-20(12-22(24)29(30,31)32)41-9-8-36-6-4-28(5-7-36)21-10-17(15-33)2-3-23(21)35-25(28)38/h2-3,10-12,19,40H,4-9,13-14,16H2,1H3,(H,34,39)(H,35,38). The third-order valence-corrected chi connectivity index (χ3v) is 8.81. The van der Waals surface area contributed by atoms with Crippen LogP contribution in [0.5, 0.6) is 5.75 Å². The third-order valence-electron chi connectivity index (χ3n) is 8.81. The molecule has 216 valence electrons. The van der Waals surface area contributed by atoms with Gasteiger partial charge in [-0.2, -0.15) is 18.4 Å². The summed E-state index contributed by atoms with van der Waals surface area (Å²) in [6.45, 7) is 3.34. The van der Waals surface area contributed by atoms with Gasteiger partial charge in [-0.05, 0) is 87.2 Å². The molecular formula is C29H30F3N5O4. The molecular weight excluding hydrogens is 539 g/mol. The van der Waals surface area contributed by atoms with E-state index in [2.05, 4.69) is 21.6 Å². The largest absolute Gasteiger partial charge is 0.492 e. The fourth-order valence-electron chi connectivity index (χ4n) is 6.66. The summed E-state index contributed by atoms with van der Waals surface area (Å²) in [6, 6.07) is 8.68. The maximum atomic E-state index is 14.2. The third kappa shape index (κ3) is 4.77. The number of carbonyl (C=O) groups excluding carboxylic acids is 2. The first-order chi connectivity index (χ1) is 19.4. The molecule has 0 atom stereocenters. The monoisotopic (exact) mass is 569 g/mol. The first kappa shape index (κ1) is 27.4. The smallest absolute Gasteiger partial charge is 0.418 e.